The molecule has 6 rings (SSSR count). The zero-order valence-corrected chi connectivity index (χ0v) is 35.9. The van der Waals surface area contributed by atoms with Crippen LogP contribution in [0.2, 0.25) is 0 Å². The minimum atomic E-state index is -1.77. The largest absolute Gasteiger partial charge is 0.508 e. The Morgan fingerprint density at radius 2 is 1.23 bits per heavy atom. The van der Waals surface area contributed by atoms with Crippen LogP contribution in [0.4, 0.5) is 0 Å². The van der Waals surface area contributed by atoms with E-state index >= 15 is 0 Å². The molecule has 3 aromatic carbocycles. The fourth-order valence-electron chi connectivity index (χ4n) is 7.87. The zero-order chi connectivity index (χ0) is 45.9. The third kappa shape index (κ3) is 11.8. The van der Waals surface area contributed by atoms with Gasteiger partial charge in [-0.25, -0.2) is 4.79 Å². The summed E-state index contributed by atoms with van der Waals surface area (Å²) in [7, 11) is 0. The number of H-pyrrole nitrogens is 2. The second-order valence-electron chi connectivity index (χ2n) is 15.8. The number of fused-ring (bicyclic) bond motifs is 2. The van der Waals surface area contributed by atoms with Gasteiger partial charge >= 0.3 is 11.9 Å². The summed E-state index contributed by atoms with van der Waals surface area (Å²) in [6.45, 7) is 0.153. The number of aromatic hydroxyl groups is 1. The number of benzene rings is 3. The van der Waals surface area contributed by atoms with Crippen molar-refractivity contribution in [3.8, 4) is 5.75 Å². The molecule has 19 heteroatoms. The summed E-state index contributed by atoms with van der Waals surface area (Å²) in [6.07, 6.45) is 4.95. The molecule has 18 nitrogen and oxygen atoms in total. The number of carboxylic acid groups (broad SMARTS) is 2. The highest BCUT2D eigenvalue weighted by Crippen LogP contribution is 2.24. The number of phenolic OH excluding ortho intramolecular Hbond substituents is 1. The first-order chi connectivity index (χ1) is 30.7. The van der Waals surface area contributed by atoms with Crippen LogP contribution in [0.25, 0.3) is 21.8 Å². The summed E-state index contributed by atoms with van der Waals surface area (Å²) in [5, 5.41) is 41.7. The minimum Gasteiger partial charge on any atom is -0.508 e. The second kappa shape index (κ2) is 21.5. The Labute approximate surface area is 372 Å². The molecule has 0 radical (unpaired) electrons. The van der Waals surface area contributed by atoms with Crippen LogP contribution in [-0.4, -0.2) is 126 Å². The average molecular weight is 897 g/mol. The molecule has 0 spiro atoms. The van der Waals surface area contributed by atoms with Crippen LogP contribution in [0.1, 0.15) is 42.4 Å². The third-order valence-electron chi connectivity index (χ3n) is 11.3. The van der Waals surface area contributed by atoms with E-state index in [0.717, 1.165) is 21.8 Å². The number of thioether (sulfide) groups is 1. The lowest BCUT2D eigenvalue weighted by Crippen LogP contribution is -2.60. The predicted octanol–water partition coefficient (Wildman–Crippen LogP) is 1.95. The second-order valence-corrected chi connectivity index (χ2v) is 16.7. The zero-order valence-electron chi connectivity index (χ0n) is 35.0. The topological polar surface area (TPSA) is 289 Å². The normalized spacial score (nSPS) is 16.0. The Morgan fingerprint density at radius 1 is 0.719 bits per heavy atom. The lowest BCUT2D eigenvalue weighted by Gasteiger charge is -2.29. The van der Waals surface area contributed by atoms with E-state index in [4.69, 9.17) is 5.73 Å². The lowest BCUT2D eigenvalue weighted by molar-refractivity contribution is -0.149. The SMILES string of the molecule is CSCC[C@H](N)C(=O)N[C@@H](Cc1ccc(O)cc1)C(=O)N[C@@H](CC(=O)O)C(=O)N[C@@H](Cc1c[nH]c2ccccc12)C(=O)N[C@@H](Cc1c[nH]c2ccccc12)C(=O)N1CCC[C@H]1C(=O)O. The Balaban J connectivity index is 1.29. The first kappa shape index (κ1) is 46.6. The quantitative estimate of drug-likeness (QED) is 0.0506. The van der Waals surface area contributed by atoms with Gasteiger partial charge in [-0.15, -0.1) is 0 Å². The Kier molecular flexibility index (Phi) is 15.7. The number of aromatic nitrogens is 2. The highest BCUT2D eigenvalue weighted by molar-refractivity contribution is 7.98. The average Bonchev–Trinajstić information content (AvgIpc) is 4.04. The van der Waals surface area contributed by atoms with Gasteiger partial charge in [0.05, 0.1) is 12.5 Å². The van der Waals surface area contributed by atoms with Gasteiger partial charge in [0, 0.05) is 60.0 Å². The standard InChI is InChI=1S/C45H52N8O10S/c1-64-18-16-31(46)40(57)49-34(19-25-12-14-28(54)15-13-25)41(58)51-36(22-39(55)56)43(60)50-35(20-26-23-47-32-9-4-2-7-29(26)32)42(59)52-37(44(61)53-17-6-11-38(53)45(62)63)21-27-24-48-33-10-5-3-8-30(27)33/h2-5,7-10,12-15,23-24,31,34-38,47-48,54H,6,11,16-22,46H2,1H3,(H,49,57)(H,50,60)(H,51,58)(H,52,59)(H,55,56)(H,62,63)/t31-,34-,35-,36-,37-,38-/m0/s1. The van der Waals surface area contributed by atoms with Gasteiger partial charge in [-0.2, -0.15) is 11.8 Å². The van der Waals surface area contributed by atoms with Crippen LogP contribution < -0.4 is 27.0 Å². The number of nitrogens with two attached hydrogens (primary N) is 1. The number of likely N-dealkylation sites (tertiary alicyclic amines) is 1. The van der Waals surface area contributed by atoms with Crippen molar-refractivity contribution in [2.24, 2.45) is 5.73 Å². The van der Waals surface area contributed by atoms with Crippen molar-refractivity contribution in [3.05, 3.63) is 102 Å². The van der Waals surface area contributed by atoms with Gasteiger partial charge in [0.15, 0.2) is 0 Å². The first-order valence-electron chi connectivity index (χ1n) is 20.8. The van der Waals surface area contributed by atoms with E-state index in [1.54, 1.807) is 18.5 Å². The first-order valence-corrected chi connectivity index (χ1v) is 22.2. The molecule has 0 bridgehead atoms. The number of carbonyl (C=O) groups is 7. The number of aromatic amines is 2. The molecule has 0 aliphatic carbocycles. The number of carbonyl (C=O) groups excluding carboxylic acids is 5. The van der Waals surface area contributed by atoms with E-state index in [1.165, 1.54) is 40.9 Å². The summed E-state index contributed by atoms with van der Waals surface area (Å²) in [6, 6.07) is 12.5. The highest BCUT2D eigenvalue weighted by atomic mass is 32.2. The number of nitrogens with zero attached hydrogens (tertiary/aromatic N) is 1. The number of para-hydroxylation sites is 2. The van der Waals surface area contributed by atoms with Crippen molar-refractivity contribution in [2.75, 3.05) is 18.6 Å². The smallest absolute Gasteiger partial charge is 0.326 e. The molecule has 1 aliphatic rings. The molecule has 1 fully saturated rings. The maximum atomic E-state index is 14.6. The van der Waals surface area contributed by atoms with E-state index in [0.29, 0.717) is 35.3 Å². The summed E-state index contributed by atoms with van der Waals surface area (Å²) < 4.78 is 0. The lowest BCUT2D eigenvalue weighted by atomic mass is 10.0. The number of rotatable bonds is 21. The van der Waals surface area contributed by atoms with E-state index in [1.807, 2.05) is 48.7 Å². The minimum absolute atomic E-state index is 0.0357. The van der Waals surface area contributed by atoms with E-state index < -0.39 is 84.1 Å². The molecule has 1 aliphatic heterocycles. The van der Waals surface area contributed by atoms with Crippen LogP contribution in [0.5, 0.6) is 5.75 Å². The Hall–Kier alpha value is -6.86. The van der Waals surface area contributed by atoms with Gasteiger partial charge in [-0.1, -0.05) is 48.5 Å². The number of nitrogens with one attached hydrogen (secondary N) is 6. The van der Waals surface area contributed by atoms with Crippen LogP contribution in [0.3, 0.4) is 0 Å². The maximum absolute atomic E-state index is 14.6. The summed E-state index contributed by atoms with van der Waals surface area (Å²) in [4.78, 5) is 102. The molecular formula is C45H52N8O10S. The number of hydrogen-bond donors (Lipinski definition) is 10. The van der Waals surface area contributed by atoms with Gasteiger partial charge in [0.25, 0.3) is 0 Å². The fraction of sp³-hybridized carbons (Fsp3) is 0.356. The summed E-state index contributed by atoms with van der Waals surface area (Å²) in [5.41, 5.74) is 9.39. The number of phenols is 1. The van der Waals surface area contributed by atoms with Gasteiger partial charge in [0.1, 0.15) is 36.0 Å². The molecule has 2 aromatic heterocycles. The molecule has 0 unspecified atom stereocenters. The molecule has 6 atom stereocenters. The molecule has 11 N–H and O–H groups in total. The Morgan fingerprint density at radius 3 is 1.81 bits per heavy atom. The number of carboxylic acids is 2. The predicted molar refractivity (Wildman–Crippen MR) is 239 cm³/mol. The summed E-state index contributed by atoms with van der Waals surface area (Å²) in [5.74, 6) is -6.19. The monoisotopic (exact) mass is 896 g/mol. The van der Waals surface area contributed by atoms with Crippen LogP contribution in [0.15, 0.2) is 85.2 Å². The van der Waals surface area contributed by atoms with E-state index in [2.05, 4.69) is 31.2 Å². The maximum Gasteiger partial charge on any atom is 0.326 e. The van der Waals surface area contributed by atoms with Crippen LogP contribution >= 0.6 is 11.8 Å². The van der Waals surface area contributed by atoms with Crippen molar-refractivity contribution in [3.63, 3.8) is 0 Å². The van der Waals surface area contributed by atoms with Gasteiger partial charge < -0.3 is 57.2 Å². The third-order valence-corrected chi connectivity index (χ3v) is 11.9. The molecular weight excluding hydrogens is 845 g/mol. The van der Waals surface area contributed by atoms with Gasteiger partial charge in [0.2, 0.25) is 29.5 Å². The Bertz CT molecular complexity index is 2490. The molecule has 3 heterocycles. The van der Waals surface area contributed by atoms with Crippen molar-refractivity contribution in [1.82, 2.24) is 36.1 Å². The molecule has 1 saturated heterocycles. The van der Waals surface area contributed by atoms with Gasteiger partial charge in [-0.3, -0.25) is 28.8 Å². The van der Waals surface area contributed by atoms with E-state index in [9.17, 15) is 48.9 Å². The number of aliphatic carboxylic acids is 2. The fourth-order valence-corrected chi connectivity index (χ4v) is 8.36. The van der Waals surface area contributed by atoms with E-state index in [-0.39, 0.29) is 38.0 Å². The molecule has 64 heavy (non-hydrogen) atoms. The molecule has 0 saturated carbocycles. The summed E-state index contributed by atoms with van der Waals surface area (Å²) >= 11 is 1.48. The van der Waals surface area contributed by atoms with Crippen LogP contribution in [-0.2, 0) is 52.8 Å². The van der Waals surface area contributed by atoms with Crippen LogP contribution in [0, 0.1) is 0 Å². The van der Waals surface area contributed by atoms with Gasteiger partial charge in [-0.05, 0) is 72.2 Å². The molecule has 338 valence electrons. The number of hydrogen-bond acceptors (Lipinski definition) is 10. The van der Waals surface area contributed by atoms with Crippen molar-refractivity contribution in [1.29, 1.82) is 0 Å². The van der Waals surface area contributed by atoms with Crippen molar-refractivity contribution in [2.45, 2.75) is 81.2 Å². The van der Waals surface area contributed by atoms with Crippen molar-refractivity contribution < 1.29 is 48.9 Å². The number of amides is 5. The molecule has 5 aromatic rings. The molecule has 5 amide bonds. The van der Waals surface area contributed by atoms with Crippen molar-refractivity contribution >= 4 is 75.0 Å². The highest BCUT2D eigenvalue weighted by Gasteiger charge is 2.39.